The maximum Gasteiger partial charge on any atom is 0.226 e. The van der Waals surface area contributed by atoms with Crippen molar-refractivity contribution in [3.63, 3.8) is 0 Å². The Labute approximate surface area is 193 Å². The van der Waals surface area contributed by atoms with Crippen LogP contribution in [0.1, 0.15) is 38.5 Å². The lowest BCUT2D eigenvalue weighted by Gasteiger charge is -2.24. The van der Waals surface area contributed by atoms with Crippen molar-refractivity contribution >= 4 is 57.5 Å². The summed E-state index contributed by atoms with van der Waals surface area (Å²) in [4.78, 5) is 19.0. The second kappa shape index (κ2) is 12.0. The van der Waals surface area contributed by atoms with Crippen LogP contribution in [0.3, 0.4) is 0 Å². The van der Waals surface area contributed by atoms with E-state index in [1.807, 2.05) is 24.3 Å². The molecule has 1 atom stereocenters. The first kappa shape index (κ1) is 23.4. The number of amides is 1. The first-order chi connectivity index (χ1) is 13.1. The van der Waals surface area contributed by atoms with Gasteiger partial charge in [0.15, 0.2) is 5.96 Å². The summed E-state index contributed by atoms with van der Waals surface area (Å²) in [5, 5.41) is 9.67. The maximum atomic E-state index is 12.1. The van der Waals surface area contributed by atoms with Crippen molar-refractivity contribution in [3.8, 4) is 0 Å². The molecule has 8 heteroatoms. The highest BCUT2D eigenvalue weighted by molar-refractivity contribution is 14.0. The Morgan fingerprint density at radius 3 is 2.61 bits per heavy atom. The highest BCUT2D eigenvalue weighted by atomic mass is 127. The summed E-state index contributed by atoms with van der Waals surface area (Å²) >= 11 is 3.39. The zero-order valence-corrected chi connectivity index (χ0v) is 20.3. The van der Waals surface area contributed by atoms with Crippen LogP contribution in [0.5, 0.6) is 0 Å². The molecule has 0 spiro atoms. The van der Waals surface area contributed by atoms with E-state index in [-0.39, 0.29) is 29.9 Å². The van der Waals surface area contributed by atoms with Crippen LogP contribution in [0, 0.1) is 0 Å². The maximum absolute atomic E-state index is 12.1. The van der Waals surface area contributed by atoms with Gasteiger partial charge in [-0.3, -0.25) is 14.7 Å². The number of anilines is 1. The zero-order chi connectivity index (χ0) is 19.1. The van der Waals surface area contributed by atoms with Crippen LogP contribution in [0.15, 0.2) is 33.7 Å². The highest BCUT2D eigenvalue weighted by Gasteiger charge is 2.30. The van der Waals surface area contributed by atoms with Crippen LogP contribution in [0.25, 0.3) is 0 Å². The van der Waals surface area contributed by atoms with Crippen molar-refractivity contribution in [1.82, 2.24) is 15.5 Å². The molecule has 1 aliphatic carbocycles. The van der Waals surface area contributed by atoms with Crippen LogP contribution >= 0.6 is 39.9 Å². The predicted molar refractivity (Wildman–Crippen MR) is 130 cm³/mol. The molecule has 1 saturated carbocycles. The van der Waals surface area contributed by atoms with E-state index in [1.54, 1.807) is 7.05 Å². The Morgan fingerprint density at radius 2 is 1.93 bits per heavy atom. The molecule has 1 heterocycles. The van der Waals surface area contributed by atoms with Gasteiger partial charge in [-0.2, -0.15) is 0 Å². The number of benzene rings is 1. The van der Waals surface area contributed by atoms with Crippen molar-refractivity contribution in [2.24, 2.45) is 4.99 Å². The van der Waals surface area contributed by atoms with E-state index >= 15 is 0 Å². The fraction of sp³-hybridized carbons (Fsp3) is 0.600. The molecule has 1 saturated heterocycles. The highest BCUT2D eigenvalue weighted by Crippen LogP contribution is 2.26. The average molecular weight is 564 g/mol. The van der Waals surface area contributed by atoms with E-state index in [4.69, 9.17) is 0 Å². The summed E-state index contributed by atoms with van der Waals surface area (Å²) in [6, 6.07) is 8.81. The number of hydrogen-bond acceptors (Lipinski definition) is 3. The molecule has 156 valence electrons. The molecule has 3 N–H and O–H groups in total. The SMILES string of the molecule is CN=C(NCCC(=O)Nc1ccc(Br)cc1)NC1CCN(C2CCCC2)C1.I. The van der Waals surface area contributed by atoms with Crippen LogP contribution in [0.4, 0.5) is 5.69 Å². The molecular weight excluding hydrogens is 533 g/mol. The summed E-state index contributed by atoms with van der Waals surface area (Å²) in [7, 11) is 1.78. The molecule has 1 aliphatic heterocycles. The van der Waals surface area contributed by atoms with Crippen molar-refractivity contribution in [3.05, 3.63) is 28.7 Å². The number of carbonyl (C=O) groups is 1. The quantitative estimate of drug-likeness (QED) is 0.281. The van der Waals surface area contributed by atoms with E-state index in [2.05, 4.69) is 41.8 Å². The third kappa shape index (κ3) is 7.18. The predicted octanol–water partition coefficient (Wildman–Crippen LogP) is 3.58. The van der Waals surface area contributed by atoms with Crippen LogP contribution < -0.4 is 16.0 Å². The molecule has 2 fully saturated rings. The smallest absolute Gasteiger partial charge is 0.226 e. The Kier molecular flexibility index (Phi) is 10.0. The molecule has 0 aromatic heterocycles. The van der Waals surface area contributed by atoms with Gasteiger partial charge < -0.3 is 16.0 Å². The first-order valence-electron chi connectivity index (χ1n) is 9.90. The lowest BCUT2D eigenvalue weighted by Crippen LogP contribution is -2.45. The van der Waals surface area contributed by atoms with E-state index < -0.39 is 0 Å². The normalized spacial score (nSPS) is 20.6. The molecule has 6 nitrogen and oxygen atoms in total. The molecule has 2 aliphatic rings. The summed E-state index contributed by atoms with van der Waals surface area (Å²) < 4.78 is 0.996. The monoisotopic (exact) mass is 563 g/mol. The summed E-state index contributed by atoms with van der Waals surface area (Å²) in [5.41, 5.74) is 0.809. The third-order valence-electron chi connectivity index (χ3n) is 5.40. The Balaban J connectivity index is 0.00000280. The molecule has 0 bridgehead atoms. The lowest BCUT2D eigenvalue weighted by atomic mass is 10.2. The fourth-order valence-corrected chi connectivity index (χ4v) is 4.21. The zero-order valence-electron chi connectivity index (χ0n) is 16.4. The van der Waals surface area contributed by atoms with Gasteiger partial charge in [0.2, 0.25) is 5.91 Å². The van der Waals surface area contributed by atoms with Gasteiger partial charge in [-0.25, -0.2) is 0 Å². The topological polar surface area (TPSA) is 68.8 Å². The van der Waals surface area contributed by atoms with Crippen molar-refractivity contribution in [2.45, 2.75) is 50.6 Å². The number of halogens is 2. The molecule has 0 radical (unpaired) electrons. The molecule has 1 unspecified atom stereocenters. The van der Waals surface area contributed by atoms with E-state index in [9.17, 15) is 4.79 Å². The molecule has 1 aromatic carbocycles. The fourth-order valence-electron chi connectivity index (χ4n) is 3.95. The Hall–Kier alpha value is -0.870. The summed E-state index contributed by atoms with van der Waals surface area (Å²) in [6.07, 6.45) is 7.02. The number of hydrogen-bond donors (Lipinski definition) is 3. The number of nitrogens with zero attached hydrogens (tertiary/aromatic N) is 2. The standard InChI is InChI=1S/C20H30BrN5O.HI/c1-22-20(25-17-11-13-26(14-17)18-4-2-3-5-18)23-12-10-19(27)24-16-8-6-15(21)7-9-16;/h6-9,17-18H,2-5,10-14H2,1H3,(H,24,27)(H2,22,23,25);1H. The van der Waals surface area contributed by atoms with Gasteiger partial charge in [0.1, 0.15) is 0 Å². The molecule has 3 rings (SSSR count). The minimum atomic E-state index is -0.00597. The van der Waals surface area contributed by atoms with Gasteiger partial charge in [0.05, 0.1) is 0 Å². The van der Waals surface area contributed by atoms with Gasteiger partial charge >= 0.3 is 0 Å². The summed E-state index contributed by atoms with van der Waals surface area (Å²) in [6.45, 7) is 2.82. The Morgan fingerprint density at radius 1 is 1.21 bits per heavy atom. The minimum absolute atomic E-state index is 0. The number of likely N-dealkylation sites (tertiary alicyclic amines) is 1. The third-order valence-corrected chi connectivity index (χ3v) is 5.93. The second-order valence-corrected chi connectivity index (χ2v) is 8.28. The largest absolute Gasteiger partial charge is 0.356 e. The van der Waals surface area contributed by atoms with Crippen molar-refractivity contribution < 1.29 is 4.79 Å². The number of rotatable bonds is 6. The Bertz CT molecular complexity index is 649. The average Bonchev–Trinajstić information content (AvgIpc) is 3.34. The van der Waals surface area contributed by atoms with E-state index in [0.717, 1.165) is 35.1 Å². The van der Waals surface area contributed by atoms with Crippen LogP contribution in [-0.4, -0.2) is 55.5 Å². The lowest BCUT2D eigenvalue weighted by molar-refractivity contribution is -0.116. The van der Waals surface area contributed by atoms with Crippen molar-refractivity contribution in [1.29, 1.82) is 0 Å². The molecule has 1 amide bonds. The minimum Gasteiger partial charge on any atom is -0.356 e. The number of guanidine groups is 1. The van der Waals surface area contributed by atoms with Gasteiger partial charge in [-0.05, 0) is 43.5 Å². The second-order valence-electron chi connectivity index (χ2n) is 7.37. The van der Waals surface area contributed by atoms with Gasteiger partial charge in [0.25, 0.3) is 0 Å². The molecule has 28 heavy (non-hydrogen) atoms. The first-order valence-corrected chi connectivity index (χ1v) is 10.7. The van der Waals surface area contributed by atoms with E-state index in [0.29, 0.717) is 19.0 Å². The number of carbonyl (C=O) groups excluding carboxylic acids is 1. The van der Waals surface area contributed by atoms with Crippen molar-refractivity contribution in [2.75, 3.05) is 32.0 Å². The van der Waals surface area contributed by atoms with Gasteiger partial charge in [-0.1, -0.05) is 28.8 Å². The molecular formula is C20H31BrIN5O. The number of aliphatic imine (C=N–C) groups is 1. The van der Waals surface area contributed by atoms with Crippen LogP contribution in [-0.2, 0) is 4.79 Å². The summed E-state index contributed by atoms with van der Waals surface area (Å²) in [5.74, 6) is 0.776. The number of nitrogens with one attached hydrogen (secondary N) is 3. The van der Waals surface area contributed by atoms with Crippen LogP contribution in [0.2, 0.25) is 0 Å². The van der Waals surface area contributed by atoms with Gasteiger partial charge in [-0.15, -0.1) is 24.0 Å². The molecule has 1 aromatic rings. The van der Waals surface area contributed by atoms with E-state index in [1.165, 1.54) is 32.2 Å². The van der Waals surface area contributed by atoms with Gasteiger partial charge in [0, 0.05) is 55.3 Å².